The van der Waals surface area contributed by atoms with Gasteiger partial charge in [0.25, 0.3) is 0 Å². The quantitative estimate of drug-likeness (QED) is 0.613. The minimum Gasteiger partial charge on any atom is -0.480 e. The standard InChI is InChI=1S/C9H18N2O6S/c1-4-6-9(3,7(12)13)11-18(15,16)10-8(14)17-5-2/h11H,4-6H2,1-3H3,(H,10,14)(H,12,13). The number of nitrogens with one attached hydrogen (secondary N) is 2. The topological polar surface area (TPSA) is 122 Å². The number of carbonyl (C=O) groups excluding carboxylic acids is 1. The number of amides is 1. The van der Waals surface area contributed by atoms with Crippen LogP contribution < -0.4 is 9.44 Å². The van der Waals surface area contributed by atoms with Crippen LogP contribution in [-0.2, 0) is 19.7 Å². The van der Waals surface area contributed by atoms with Gasteiger partial charge in [-0.3, -0.25) is 4.79 Å². The maximum Gasteiger partial charge on any atom is 0.421 e. The molecule has 0 fully saturated rings. The molecule has 0 heterocycles. The van der Waals surface area contributed by atoms with Gasteiger partial charge in [-0.2, -0.15) is 13.1 Å². The molecule has 18 heavy (non-hydrogen) atoms. The fraction of sp³-hybridized carbons (Fsp3) is 0.778. The third-order valence-electron chi connectivity index (χ3n) is 2.07. The molecule has 0 aliphatic rings. The maximum atomic E-state index is 11.5. The Labute approximate surface area is 106 Å². The van der Waals surface area contributed by atoms with Crippen molar-refractivity contribution >= 4 is 22.3 Å². The predicted octanol–water partition coefficient (Wildman–Crippen LogP) is 0.210. The molecule has 0 bridgehead atoms. The van der Waals surface area contributed by atoms with Crippen LogP contribution in [-0.4, -0.2) is 37.7 Å². The highest BCUT2D eigenvalue weighted by Crippen LogP contribution is 2.13. The van der Waals surface area contributed by atoms with E-state index in [4.69, 9.17) is 5.11 Å². The van der Waals surface area contributed by atoms with Crippen LogP contribution in [0.25, 0.3) is 0 Å². The second-order valence-electron chi connectivity index (χ2n) is 3.82. The van der Waals surface area contributed by atoms with Crippen LogP contribution in [0.15, 0.2) is 0 Å². The molecule has 0 rings (SSSR count). The molecule has 106 valence electrons. The zero-order valence-electron chi connectivity index (χ0n) is 10.5. The smallest absolute Gasteiger partial charge is 0.421 e. The average Bonchev–Trinajstić information content (AvgIpc) is 2.15. The molecule has 1 amide bonds. The molecule has 0 radical (unpaired) electrons. The number of hydrogen-bond donors (Lipinski definition) is 3. The zero-order chi connectivity index (χ0) is 14.4. The van der Waals surface area contributed by atoms with Crippen LogP contribution in [0, 0.1) is 0 Å². The highest BCUT2D eigenvalue weighted by molar-refractivity contribution is 7.88. The maximum absolute atomic E-state index is 11.5. The summed E-state index contributed by atoms with van der Waals surface area (Å²) in [6.45, 7) is 4.46. The summed E-state index contributed by atoms with van der Waals surface area (Å²) in [6.07, 6.45) is -0.606. The van der Waals surface area contributed by atoms with Gasteiger partial charge in [0, 0.05) is 0 Å². The van der Waals surface area contributed by atoms with E-state index in [1.807, 2.05) is 4.72 Å². The van der Waals surface area contributed by atoms with E-state index in [-0.39, 0.29) is 13.0 Å². The van der Waals surface area contributed by atoms with E-state index in [9.17, 15) is 18.0 Å². The fourth-order valence-electron chi connectivity index (χ4n) is 1.29. The molecule has 0 saturated carbocycles. The van der Waals surface area contributed by atoms with Gasteiger partial charge in [-0.05, 0) is 20.3 Å². The van der Waals surface area contributed by atoms with Gasteiger partial charge in [0.15, 0.2) is 0 Å². The van der Waals surface area contributed by atoms with E-state index in [2.05, 4.69) is 4.74 Å². The van der Waals surface area contributed by atoms with Crippen molar-refractivity contribution in [3.63, 3.8) is 0 Å². The molecule has 3 N–H and O–H groups in total. The third kappa shape index (κ3) is 5.32. The zero-order valence-corrected chi connectivity index (χ0v) is 11.3. The number of carboxylic acids is 1. The van der Waals surface area contributed by atoms with E-state index >= 15 is 0 Å². The molecular weight excluding hydrogens is 264 g/mol. The number of aliphatic carboxylic acids is 1. The average molecular weight is 282 g/mol. The Morgan fingerprint density at radius 1 is 1.33 bits per heavy atom. The minimum absolute atomic E-state index is 0.00646. The monoisotopic (exact) mass is 282 g/mol. The summed E-state index contributed by atoms with van der Waals surface area (Å²) in [5.41, 5.74) is -1.67. The lowest BCUT2D eigenvalue weighted by Crippen LogP contribution is -2.56. The van der Waals surface area contributed by atoms with Crippen LogP contribution in [0.3, 0.4) is 0 Å². The Morgan fingerprint density at radius 2 is 1.89 bits per heavy atom. The van der Waals surface area contributed by atoms with Gasteiger partial charge in [-0.1, -0.05) is 13.3 Å². The molecule has 0 aliphatic carbocycles. The van der Waals surface area contributed by atoms with E-state index in [0.717, 1.165) is 0 Å². The molecule has 0 spiro atoms. The second kappa shape index (κ2) is 6.55. The van der Waals surface area contributed by atoms with Crippen molar-refractivity contribution in [2.75, 3.05) is 6.61 Å². The summed E-state index contributed by atoms with van der Waals surface area (Å²) < 4.78 is 30.9. The van der Waals surface area contributed by atoms with Crippen LogP contribution in [0.4, 0.5) is 4.79 Å². The summed E-state index contributed by atoms with van der Waals surface area (Å²) >= 11 is 0. The lowest BCUT2D eigenvalue weighted by atomic mass is 9.98. The summed E-state index contributed by atoms with van der Waals surface area (Å²) in [6, 6.07) is 0. The van der Waals surface area contributed by atoms with Crippen LogP contribution in [0.5, 0.6) is 0 Å². The molecule has 0 aliphatic heterocycles. The summed E-state index contributed by atoms with van der Waals surface area (Å²) in [7, 11) is -4.28. The first-order valence-corrected chi connectivity index (χ1v) is 6.87. The summed E-state index contributed by atoms with van der Waals surface area (Å²) in [4.78, 5) is 22.0. The number of carboxylic acid groups (broad SMARTS) is 1. The first kappa shape index (κ1) is 16.6. The van der Waals surface area contributed by atoms with E-state index in [0.29, 0.717) is 6.42 Å². The number of ether oxygens (including phenoxy) is 1. The Morgan fingerprint density at radius 3 is 2.28 bits per heavy atom. The van der Waals surface area contributed by atoms with Crippen molar-refractivity contribution in [1.82, 2.24) is 9.44 Å². The SMILES string of the molecule is CCCC(C)(NS(=O)(=O)NC(=O)OCC)C(=O)O. The van der Waals surface area contributed by atoms with Crippen molar-refractivity contribution < 1.29 is 27.9 Å². The lowest BCUT2D eigenvalue weighted by molar-refractivity contribution is -0.143. The summed E-state index contributed by atoms with van der Waals surface area (Å²) in [5.74, 6) is -1.32. The minimum atomic E-state index is -4.28. The first-order chi connectivity index (χ1) is 8.17. The Hall–Kier alpha value is -1.35. The van der Waals surface area contributed by atoms with E-state index in [1.54, 1.807) is 11.6 Å². The molecule has 0 aromatic heterocycles. The molecule has 0 aromatic carbocycles. The van der Waals surface area contributed by atoms with Crippen molar-refractivity contribution in [1.29, 1.82) is 0 Å². The summed E-state index contributed by atoms with van der Waals surface area (Å²) in [5, 5.41) is 8.99. The molecular formula is C9H18N2O6S. The van der Waals surface area contributed by atoms with Crippen molar-refractivity contribution in [2.45, 2.75) is 39.2 Å². The van der Waals surface area contributed by atoms with Crippen molar-refractivity contribution in [2.24, 2.45) is 0 Å². The third-order valence-corrected chi connectivity index (χ3v) is 3.23. The van der Waals surface area contributed by atoms with Gasteiger partial charge in [0.2, 0.25) is 0 Å². The Kier molecular flexibility index (Phi) is 6.06. The van der Waals surface area contributed by atoms with Gasteiger partial charge < -0.3 is 9.84 Å². The van der Waals surface area contributed by atoms with Gasteiger partial charge in [-0.25, -0.2) is 9.52 Å². The number of carbonyl (C=O) groups is 2. The van der Waals surface area contributed by atoms with Crippen molar-refractivity contribution in [3.8, 4) is 0 Å². The highest BCUT2D eigenvalue weighted by Gasteiger charge is 2.37. The molecule has 1 atom stereocenters. The molecule has 9 heteroatoms. The number of hydrogen-bond acceptors (Lipinski definition) is 5. The van der Waals surface area contributed by atoms with E-state index in [1.165, 1.54) is 13.8 Å². The van der Waals surface area contributed by atoms with Crippen LogP contribution in [0.1, 0.15) is 33.6 Å². The lowest BCUT2D eigenvalue weighted by Gasteiger charge is -2.25. The normalized spacial score (nSPS) is 14.6. The molecule has 1 unspecified atom stereocenters. The highest BCUT2D eigenvalue weighted by atomic mass is 32.2. The predicted molar refractivity (Wildman–Crippen MR) is 63.2 cm³/mol. The van der Waals surface area contributed by atoms with E-state index < -0.39 is 27.8 Å². The van der Waals surface area contributed by atoms with Crippen molar-refractivity contribution in [3.05, 3.63) is 0 Å². The van der Waals surface area contributed by atoms with Gasteiger partial charge in [0.1, 0.15) is 5.54 Å². The Balaban J connectivity index is 4.82. The van der Waals surface area contributed by atoms with Gasteiger partial charge in [-0.15, -0.1) is 0 Å². The first-order valence-electron chi connectivity index (χ1n) is 5.38. The fourth-order valence-corrected chi connectivity index (χ4v) is 2.41. The molecule has 0 aromatic rings. The Bertz CT molecular complexity index is 407. The second-order valence-corrected chi connectivity index (χ2v) is 5.23. The van der Waals surface area contributed by atoms with Crippen LogP contribution in [0.2, 0.25) is 0 Å². The largest absolute Gasteiger partial charge is 0.480 e. The van der Waals surface area contributed by atoms with Crippen LogP contribution >= 0.6 is 0 Å². The molecule has 8 nitrogen and oxygen atoms in total. The molecule has 0 saturated heterocycles. The number of rotatable bonds is 7. The van der Waals surface area contributed by atoms with Gasteiger partial charge in [0.05, 0.1) is 6.61 Å². The van der Waals surface area contributed by atoms with Gasteiger partial charge >= 0.3 is 22.3 Å².